The zero-order chi connectivity index (χ0) is 18.3. The minimum atomic E-state index is 0.00356. The summed E-state index contributed by atoms with van der Waals surface area (Å²) in [5.74, 6) is 0.673. The van der Waals surface area contributed by atoms with Crippen molar-refractivity contribution in [2.24, 2.45) is 0 Å². The average molecular weight is 350 g/mol. The molecule has 6 heteroatoms. The molecule has 1 N–H and O–H groups in total. The average Bonchev–Trinajstić information content (AvgIpc) is 3.10. The van der Waals surface area contributed by atoms with E-state index in [9.17, 15) is 4.79 Å². The zero-order valence-corrected chi connectivity index (χ0v) is 15.2. The minimum Gasteiger partial charge on any atom is -0.497 e. The highest BCUT2D eigenvalue weighted by Gasteiger charge is 2.16. The molecule has 6 nitrogen and oxygen atoms in total. The van der Waals surface area contributed by atoms with E-state index >= 15 is 0 Å². The lowest BCUT2D eigenvalue weighted by Crippen LogP contribution is -2.25. The van der Waals surface area contributed by atoms with Gasteiger partial charge in [0, 0.05) is 18.8 Å². The third-order valence-electron chi connectivity index (χ3n) is 4.99. The molecule has 2 aromatic heterocycles. The van der Waals surface area contributed by atoms with Gasteiger partial charge in [0.1, 0.15) is 12.1 Å². The fourth-order valence-corrected chi connectivity index (χ4v) is 3.37. The van der Waals surface area contributed by atoms with Crippen LogP contribution >= 0.6 is 0 Å². The molecule has 26 heavy (non-hydrogen) atoms. The van der Waals surface area contributed by atoms with Gasteiger partial charge in [0.15, 0.2) is 5.43 Å². The smallest absolute Gasteiger partial charge is 0.199 e. The summed E-state index contributed by atoms with van der Waals surface area (Å²) in [5.41, 5.74) is 3.38. The first kappa shape index (κ1) is 16.6. The Morgan fingerprint density at radius 3 is 2.88 bits per heavy atom. The standard InChI is InChI=1S/C20H22N4O2/c1-4-23(2)10-9-21-15-6-7-16-19-18(15)20(25)14-11-13(26-3)5-8-17(14)24(19)12-22-16/h5-8,11-12,21H,4,9-10H2,1-3H3. The van der Waals surface area contributed by atoms with Crippen molar-refractivity contribution in [3.8, 4) is 5.75 Å². The fraction of sp³-hybridized carbons (Fsp3) is 0.300. The van der Waals surface area contributed by atoms with Crippen LogP contribution in [0.25, 0.3) is 27.3 Å². The van der Waals surface area contributed by atoms with E-state index in [2.05, 4.69) is 29.2 Å². The Kier molecular flexibility index (Phi) is 4.12. The fourth-order valence-electron chi connectivity index (χ4n) is 3.37. The number of rotatable bonds is 6. The van der Waals surface area contributed by atoms with E-state index < -0.39 is 0 Å². The lowest BCUT2D eigenvalue weighted by molar-refractivity contribution is 0.367. The predicted octanol–water partition coefficient (Wildman–Crippen LogP) is 2.81. The van der Waals surface area contributed by atoms with Crippen molar-refractivity contribution < 1.29 is 4.74 Å². The maximum absolute atomic E-state index is 13.3. The third-order valence-corrected chi connectivity index (χ3v) is 4.99. The maximum atomic E-state index is 13.3. The van der Waals surface area contributed by atoms with Crippen molar-refractivity contribution >= 4 is 33.0 Å². The molecule has 0 aliphatic rings. The summed E-state index contributed by atoms with van der Waals surface area (Å²) in [6, 6.07) is 9.49. The van der Waals surface area contributed by atoms with Gasteiger partial charge >= 0.3 is 0 Å². The van der Waals surface area contributed by atoms with Crippen molar-refractivity contribution in [2.75, 3.05) is 39.1 Å². The topological polar surface area (TPSA) is 58.9 Å². The summed E-state index contributed by atoms with van der Waals surface area (Å²) in [6.45, 7) is 4.80. The molecule has 4 rings (SSSR count). The predicted molar refractivity (Wildman–Crippen MR) is 106 cm³/mol. The number of fused-ring (bicyclic) bond motifs is 2. The van der Waals surface area contributed by atoms with E-state index in [-0.39, 0.29) is 5.43 Å². The van der Waals surface area contributed by atoms with Crippen LogP contribution < -0.4 is 15.5 Å². The van der Waals surface area contributed by atoms with E-state index in [0.29, 0.717) is 16.5 Å². The first-order chi connectivity index (χ1) is 12.6. The second-order valence-electron chi connectivity index (χ2n) is 6.51. The van der Waals surface area contributed by atoms with Gasteiger partial charge in [-0.1, -0.05) is 6.92 Å². The Hall–Kier alpha value is -2.86. The number of ether oxygens (including phenoxy) is 1. The van der Waals surface area contributed by atoms with Crippen LogP contribution in [0, 0.1) is 0 Å². The van der Waals surface area contributed by atoms with E-state index in [1.165, 1.54) is 0 Å². The molecule has 0 aliphatic carbocycles. The van der Waals surface area contributed by atoms with Gasteiger partial charge in [-0.25, -0.2) is 4.98 Å². The molecule has 134 valence electrons. The number of hydrogen-bond acceptors (Lipinski definition) is 5. The number of nitrogens with zero attached hydrogens (tertiary/aromatic N) is 3. The van der Waals surface area contributed by atoms with Gasteiger partial charge in [-0.2, -0.15) is 0 Å². The number of anilines is 1. The number of hydrogen-bond donors (Lipinski definition) is 1. The van der Waals surface area contributed by atoms with Gasteiger partial charge in [0.2, 0.25) is 0 Å². The van der Waals surface area contributed by atoms with Crippen LogP contribution in [-0.4, -0.2) is 48.1 Å². The van der Waals surface area contributed by atoms with Crippen LogP contribution in [0.4, 0.5) is 5.69 Å². The molecule has 0 bridgehead atoms. The summed E-state index contributed by atoms with van der Waals surface area (Å²) in [6.07, 6.45) is 1.78. The highest BCUT2D eigenvalue weighted by molar-refractivity contribution is 6.07. The van der Waals surface area contributed by atoms with Crippen LogP contribution in [0.5, 0.6) is 5.75 Å². The highest BCUT2D eigenvalue weighted by Crippen LogP contribution is 2.29. The molecule has 0 fully saturated rings. The Morgan fingerprint density at radius 1 is 1.27 bits per heavy atom. The molecule has 0 saturated carbocycles. The molecule has 0 atom stereocenters. The van der Waals surface area contributed by atoms with Crippen molar-refractivity contribution in [1.29, 1.82) is 0 Å². The molecule has 0 aliphatic heterocycles. The van der Waals surface area contributed by atoms with Gasteiger partial charge in [0.05, 0.1) is 34.4 Å². The van der Waals surface area contributed by atoms with Crippen LogP contribution in [0.15, 0.2) is 41.5 Å². The van der Waals surface area contributed by atoms with Crippen LogP contribution in [0.3, 0.4) is 0 Å². The van der Waals surface area contributed by atoms with Gasteiger partial charge in [-0.05, 0) is 43.9 Å². The lowest BCUT2D eigenvalue weighted by atomic mass is 10.1. The van der Waals surface area contributed by atoms with Gasteiger partial charge in [-0.15, -0.1) is 0 Å². The molecule has 0 amide bonds. The molecule has 2 heterocycles. The van der Waals surface area contributed by atoms with E-state index in [4.69, 9.17) is 4.74 Å². The first-order valence-electron chi connectivity index (χ1n) is 8.79. The van der Waals surface area contributed by atoms with Crippen molar-refractivity contribution in [2.45, 2.75) is 6.92 Å². The maximum Gasteiger partial charge on any atom is 0.199 e. The molecule has 2 aromatic carbocycles. The molecular formula is C20H22N4O2. The van der Waals surface area contributed by atoms with Crippen LogP contribution in [0.1, 0.15) is 6.92 Å². The Bertz CT molecular complexity index is 1140. The first-order valence-corrected chi connectivity index (χ1v) is 8.79. The second-order valence-corrected chi connectivity index (χ2v) is 6.51. The summed E-state index contributed by atoms with van der Waals surface area (Å²) in [5, 5.41) is 4.74. The van der Waals surface area contributed by atoms with Gasteiger partial charge < -0.3 is 15.0 Å². The SMILES string of the molecule is CCN(C)CCNc1ccc2ncn3c4ccc(OC)cc4c(=O)c1c23. The van der Waals surface area contributed by atoms with Crippen LogP contribution in [0.2, 0.25) is 0 Å². The Balaban J connectivity index is 1.93. The van der Waals surface area contributed by atoms with E-state index in [1.807, 2.05) is 28.7 Å². The third kappa shape index (κ3) is 2.54. The molecule has 0 saturated heterocycles. The summed E-state index contributed by atoms with van der Waals surface area (Å²) >= 11 is 0. The normalized spacial score (nSPS) is 11.8. The van der Waals surface area contributed by atoms with Crippen molar-refractivity contribution in [1.82, 2.24) is 14.3 Å². The second kappa shape index (κ2) is 6.46. The zero-order valence-electron chi connectivity index (χ0n) is 15.2. The quantitative estimate of drug-likeness (QED) is 0.542. The number of pyridine rings is 1. The summed E-state index contributed by atoms with van der Waals surface area (Å²) in [4.78, 5) is 20.0. The van der Waals surface area contributed by atoms with E-state index in [0.717, 1.165) is 41.9 Å². The molecule has 0 radical (unpaired) electrons. The number of nitrogens with one attached hydrogen (secondary N) is 1. The van der Waals surface area contributed by atoms with Crippen molar-refractivity contribution in [3.05, 3.63) is 46.9 Å². The Morgan fingerprint density at radius 2 is 2.12 bits per heavy atom. The number of likely N-dealkylation sites (N-methyl/N-ethyl adjacent to an activating group) is 1. The number of imidazole rings is 1. The number of methoxy groups -OCH3 is 1. The number of aromatic nitrogens is 2. The summed E-state index contributed by atoms with van der Waals surface area (Å²) < 4.78 is 7.30. The van der Waals surface area contributed by atoms with Gasteiger partial charge in [-0.3, -0.25) is 9.20 Å². The molecule has 0 spiro atoms. The lowest BCUT2D eigenvalue weighted by Gasteiger charge is -2.16. The molecule has 4 aromatic rings. The minimum absolute atomic E-state index is 0.00356. The van der Waals surface area contributed by atoms with Crippen molar-refractivity contribution in [3.63, 3.8) is 0 Å². The largest absolute Gasteiger partial charge is 0.497 e. The Labute approximate surface area is 151 Å². The summed E-state index contributed by atoms with van der Waals surface area (Å²) in [7, 11) is 3.69. The number of benzene rings is 2. The van der Waals surface area contributed by atoms with Crippen LogP contribution in [-0.2, 0) is 0 Å². The monoisotopic (exact) mass is 350 g/mol. The molecule has 0 unspecified atom stereocenters. The molecular weight excluding hydrogens is 328 g/mol. The van der Waals surface area contributed by atoms with Gasteiger partial charge in [0.25, 0.3) is 0 Å². The highest BCUT2D eigenvalue weighted by atomic mass is 16.5. The van der Waals surface area contributed by atoms with E-state index in [1.54, 1.807) is 19.5 Å².